The van der Waals surface area contributed by atoms with Crippen LogP contribution in [0.25, 0.3) is 0 Å². The zero-order valence-electron chi connectivity index (χ0n) is 9.56. The Bertz CT molecular complexity index is 385. The lowest BCUT2D eigenvalue weighted by molar-refractivity contribution is 0.262. The molecule has 0 aliphatic heterocycles. The van der Waals surface area contributed by atoms with Crippen molar-refractivity contribution in [1.82, 2.24) is 0 Å². The van der Waals surface area contributed by atoms with E-state index in [-0.39, 0.29) is 5.92 Å². The molecule has 0 amide bonds. The number of hydrogen-bond acceptors (Lipinski definition) is 4. The van der Waals surface area contributed by atoms with E-state index >= 15 is 0 Å². The van der Waals surface area contributed by atoms with Gasteiger partial charge in [0.2, 0.25) is 0 Å². The molecule has 1 aromatic carbocycles. The van der Waals surface area contributed by atoms with E-state index in [4.69, 9.17) is 20.5 Å². The molecule has 0 aromatic heterocycles. The van der Waals surface area contributed by atoms with Crippen LogP contribution in [0.2, 0.25) is 0 Å². The van der Waals surface area contributed by atoms with Crippen molar-refractivity contribution in [3.05, 3.63) is 23.8 Å². The van der Waals surface area contributed by atoms with Crippen LogP contribution in [0.15, 0.2) is 18.2 Å². The van der Waals surface area contributed by atoms with E-state index < -0.39 is 0 Å². The summed E-state index contributed by atoms with van der Waals surface area (Å²) in [5.74, 6) is 1.54. The number of nitrogens with two attached hydrogens (primary N) is 1. The number of nitriles is 1. The van der Waals surface area contributed by atoms with Crippen molar-refractivity contribution in [2.45, 2.75) is 6.92 Å². The SMILES string of the molecule is COc1cc(C#N)cc(OCC(C)CN)c1. The van der Waals surface area contributed by atoms with Gasteiger partial charge in [-0.25, -0.2) is 0 Å². The molecule has 0 heterocycles. The van der Waals surface area contributed by atoms with Gasteiger partial charge in [-0.05, 0) is 18.7 Å². The second-order valence-electron chi connectivity index (χ2n) is 3.66. The van der Waals surface area contributed by atoms with E-state index in [1.54, 1.807) is 25.3 Å². The molecule has 0 fully saturated rings. The highest BCUT2D eigenvalue weighted by molar-refractivity contribution is 5.43. The molecule has 0 aliphatic rings. The maximum atomic E-state index is 8.82. The van der Waals surface area contributed by atoms with Gasteiger partial charge in [0, 0.05) is 12.0 Å². The molecule has 0 radical (unpaired) electrons. The predicted octanol–water partition coefficient (Wildman–Crippen LogP) is 1.54. The molecule has 0 bridgehead atoms. The average molecular weight is 220 g/mol. The van der Waals surface area contributed by atoms with Gasteiger partial charge in [0.25, 0.3) is 0 Å². The molecule has 4 nitrogen and oxygen atoms in total. The molecule has 0 aliphatic carbocycles. The first kappa shape index (κ1) is 12.3. The Morgan fingerprint density at radius 3 is 2.62 bits per heavy atom. The fourth-order valence-electron chi connectivity index (χ4n) is 1.14. The standard InChI is InChI=1S/C12H16N2O2/c1-9(6-13)8-16-12-4-10(7-14)3-11(5-12)15-2/h3-5,9H,6,8,13H2,1-2H3. The van der Waals surface area contributed by atoms with Crippen LogP contribution in [-0.2, 0) is 0 Å². The predicted molar refractivity (Wildman–Crippen MR) is 61.4 cm³/mol. The second-order valence-corrected chi connectivity index (χ2v) is 3.66. The monoisotopic (exact) mass is 220 g/mol. The molecule has 16 heavy (non-hydrogen) atoms. The number of hydrogen-bond donors (Lipinski definition) is 1. The van der Waals surface area contributed by atoms with Gasteiger partial charge in [0.05, 0.1) is 25.3 Å². The minimum atomic E-state index is 0.289. The lowest BCUT2D eigenvalue weighted by Crippen LogP contribution is -2.18. The van der Waals surface area contributed by atoms with Crippen LogP contribution >= 0.6 is 0 Å². The van der Waals surface area contributed by atoms with Crippen LogP contribution in [0.5, 0.6) is 11.5 Å². The van der Waals surface area contributed by atoms with Crippen molar-refractivity contribution in [1.29, 1.82) is 5.26 Å². The first-order valence-electron chi connectivity index (χ1n) is 5.11. The summed E-state index contributed by atoms with van der Waals surface area (Å²) in [6, 6.07) is 7.17. The fourth-order valence-corrected chi connectivity index (χ4v) is 1.14. The third-order valence-corrected chi connectivity index (χ3v) is 2.18. The molecule has 1 unspecified atom stereocenters. The summed E-state index contributed by atoms with van der Waals surface area (Å²) < 4.78 is 10.6. The minimum absolute atomic E-state index is 0.289. The quantitative estimate of drug-likeness (QED) is 0.817. The lowest BCUT2D eigenvalue weighted by atomic mass is 10.2. The van der Waals surface area contributed by atoms with Crippen LogP contribution in [0.3, 0.4) is 0 Å². The highest BCUT2D eigenvalue weighted by Crippen LogP contribution is 2.22. The zero-order chi connectivity index (χ0) is 12.0. The third kappa shape index (κ3) is 3.44. The van der Waals surface area contributed by atoms with Gasteiger partial charge in [0.15, 0.2) is 0 Å². The Balaban J connectivity index is 2.76. The van der Waals surface area contributed by atoms with Crippen LogP contribution in [0, 0.1) is 17.2 Å². The lowest BCUT2D eigenvalue weighted by Gasteiger charge is -2.12. The van der Waals surface area contributed by atoms with Crippen molar-refractivity contribution < 1.29 is 9.47 Å². The zero-order valence-corrected chi connectivity index (χ0v) is 9.56. The summed E-state index contributed by atoms with van der Waals surface area (Å²) >= 11 is 0. The van der Waals surface area contributed by atoms with E-state index in [9.17, 15) is 0 Å². The molecule has 86 valence electrons. The summed E-state index contributed by atoms with van der Waals surface area (Å²) in [5.41, 5.74) is 6.01. The van der Waals surface area contributed by atoms with Gasteiger partial charge in [-0.1, -0.05) is 6.92 Å². The number of methoxy groups -OCH3 is 1. The molecule has 2 N–H and O–H groups in total. The molecular formula is C12H16N2O2. The summed E-state index contributed by atoms with van der Waals surface area (Å²) in [6.07, 6.45) is 0. The highest BCUT2D eigenvalue weighted by Gasteiger charge is 2.04. The molecule has 0 saturated carbocycles. The highest BCUT2D eigenvalue weighted by atomic mass is 16.5. The Hall–Kier alpha value is -1.73. The smallest absolute Gasteiger partial charge is 0.124 e. The first-order valence-corrected chi connectivity index (χ1v) is 5.11. The molecular weight excluding hydrogens is 204 g/mol. The van der Waals surface area contributed by atoms with E-state index in [0.717, 1.165) is 0 Å². The van der Waals surface area contributed by atoms with E-state index in [2.05, 4.69) is 6.07 Å². The summed E-state index contributed by atoms with van der Waals surface area (Å²) in [6.45, 7) is 3.12. The van der Waals surface area contributed by atoms with Gasteiger partial charge in [-0.3, -0.25) is 0 Å². The van der Waals surface area contributed by atoms with Gasteiger partial charge < -0.3 is 15.2 Å². The van der Waals surface area contributed by atoms with Crippen LogP contribution < -0.4 is 15.2 Å². The number of ether oxygens (including phenoxy) is 2. The van der Waals surface area contributed by atoms with E-state index in [0.29, 0.717) is 30.2 Å². The van der Waals surface area contributed by atoms with Gasteiger partial charge in [-0.15, -0.1) is 0 Å². The van der Waals surface area contributed by atoms with Crippen LogP contribution in [0.1, 0.15) is 12.5 Å². The van der Waals surface area contributed by atoms with Crippen molar-refractivity contribution in [2.75, 3.05) is 20.3 Å². The number of rotatable bonds is 5. The first-order chi connectivity index (χ1) is 7.69. The summed E-state index contributed by atoms with van der Waals surface area (Å²) in [4.78, 5) is 0. The van der Waals surface area contributed by atoms with E-state index in [1.807, 2.05) is 6.92 Å². The minimum Gasteiger partial charge on any atom is -0.497 e. The van der Waals surface area contributed by atoms with E-state index in [1.165, 1.54) is 0 Å². The number of benzene rings is 1. The molecule has 0 saturated heterocycles. The largest absolute Gasteiger partial charge is 0.497 e. The van der Waals surface area contributed by atoms with Crippen LogP contribution in [-0.4, -0.2) is 20.3 Å². The molecule has 1 atom stereocenters. The van der Waals surface area contributed by atoms with Gasteiger partial charge >= 0.3 is 0 Å². The molecule has 0 spiro atoms. The number of nitrogens with zero attached hydrogens (tertiary/aromatic N) is 1. The van der Waals surface area contributed by atoms with Crippen molar-refractivity contribution in [3.8, 4) is 17.6 Å². The van der Waals surface area contributed by atoms with Gasteiger partial charge in [0.1, 0.15) is 11.5 Å². The van der Waals surface area contributed by atoms with Gasteiger partial charge in [-0.2, -0.15) is 5.26 Å². The third-order valence-electron chi connectivity index (χ3n) is 2.18. The Morgan fingerprint density at radius 2 is 2.06 bits per heavy atom. The van der Waals surface area contributed by atoms with Crippen molar-refractivity contribution in [3.63, 3.8) is 0 Å². The Labute approximate surface area is 95.6 Å². The summed E-state index contributed by atoms with van der Waals surface area (Å²) in [5, 5.41) is 8.82. The normalized spacial score (nSPS) is 11.6. The second kappa shape index (κ2) is 5.99. The maximum absolute atomic E-state index is 8.82. The topological polar surface area (TPSA) is 68.3 Å². The Kier molecular flexibility index (Phi) is 4.62. The maximum Gasteiger partial charge on any atom is 0.124 e. The molecule has 1 rings (SSSR count). The molecule has 1 aromatic rings. The average Bonchev–Trinajstić information content (AvgIpc) is 2.35. The Morgan fingerprint density at radius 1 is 1.38 bits per heavy atom. The fraction of sp³-hybridized carbons (Fsp3) is 0.417. The van der Waals surface area contributed by atoms with Crippen LogP contribution in [0.4, 0.5) is 0 Å². The van der Waals surface area contributed by atoms with Crippen molar-refractivity contribution >= 4 is 0 Å². The molecule has 4 heteroatoms. The van der Waals surface area contributed by atoms with Crippen molar-refractivity contribution in [2.24, 2.45) is 11.7 Å². The summed E-state index contributed by atoms with van der Waals surface area (Å²) in [7, 11) is 1.56.